The zero-order valence-corrected chi connectivity index (χ0v) is 19.8. The van der Waals surface area contributed by atoms with E-state index < -0.39 is 17.8 Å². The van der Waals surface area contributed by atoms with E-state index in [-0.39, 0.29) is 12.2 Å². The number of rotatable bonds is 5. The molecule has 0 radical (unpaired) electrons. The molecule has 166 valence electrons. The van der Waals surface area contributed by atoms with Crippen LogP contribution in [0.25, 0.3) is 6.08 Å². The maximum atomic E-state index is 13.2. The van der Waals surface area contributed by atoms with Crippen LogP contribution >= 0.6 is 27.5 Å². The van der Waals surface area contributed by atoms with Gasteiger partial charge in [-0.3, -0.25) is 14.9 Å². The lowest BCUT2D eigenvalue weighted by molar-refractivity contribution is -0.122. The van der Waals surface area contributed by atoms with Crippen LogP contribution in [0.5, 0.6) is 5.75 Å². The maximum absolute atomic E-state index is 13.2. The number of ether oxygens (including phenoxy) is 1. The van der Waals surface area contributed by atoms with Crippen molar-refractivity contribution in [1.29, 1.82) is 0 Å². The molecule has 1 aliphatic heterocycles. The predicted molar refractivity (Wildman–Crippen MR) is 130 cm³/mol. The minimum absolute atomic E-state index is 0.205. The van der Waals surface area contributed by atoms with Gasteiger partial charge in [0.1, 0.15) is 17.9 Å². The lowest BCUT2D eigenvalue weighted by Crippen LogP contribution is -2.54. The lowest BCUT2D eigenvalue weighted by Gasteiger charge is -2.26. The lowest BCUT2D eigenvalue weighted by atomic mass is 10.1. The average Bonchev–Trinajstić information content (AvgIpc) is 2.78. The van der Waals surface area contributed by atoms with Gasteiger partial charge in [0.05, 0.1) is 5.69 Å². The molecule has 6 nitrogen and oxygen atoms in total. The fourth-order valence-corrected chi connectivity index (χ4v) is 3.86. The number of carbonyl (C=O) groups excluding carboxylic acids is 3. The normalized spacial score (nSPS) is 15.1. The number of amides is 4. The highest BCUT2D eigenvalue weighted by Gasteiger charge is 2.37. The Balaban J connectivity index is 1.68. The highest BCUT2D eigenvalue weighted by atomic mass is 79.9. The molecule has 3 aromatic rings. The van der Waals surface area contributed by atoms with Crippen molar-refractivity contribution >= 4 is 57.1 Å². The van der Waals surface area contributed by atoms with Crippen LogP contribution < -0.4 is 15.0 Å². The summed E-state index contributed by atoms with van der Waals surface area (Å²) in [5, 5.41) is 2.63. The van der Waals surface area contributed by atoms with Gasteiger partial charge in [0.15, 0.2) is 0 Å². The van der Waals surface area contributed by atoms with Crippen molar-refractivity contribution in [3.63, 3.8) is 0 Å². The Labute approximate surface area is 203 Å². The second kappa shape index (κ2) is 9.60. The highest BCUT2D eigenvalue weighted by molar-refractivity contribution is 9.10. The Morgan fingerprint density at radius 1 is 1.03 bits per heavy atom. The van der Waals surface area contributed by atoms with Crippen LogP contribution in [0.3, 0.4) is 0 Å². The first-order valence-electron chi connectivity index (χ1n) is 9.97. The molecule has 0 unspecified atom stereocenters. The van der Waals surface area contributed by atoms with E-state index in [0.717, 1.165) is 20.5 Å². The van der Waals surface area contributed by atoms with E-state index in [1.54, 1.807) is 42.5 Å². The van der Waals surface area contributed by atoms with E-state index in [9.17, 15) is 14.4 Å². The van der Waals surface area contributed by atoms with Crippen molar-refractivity contribution in [3.8, 4) is 5.75 Å². The number of imide groups is 2. The minimum atomic E-state index is -0.803. The third-order valence-electron chi connectivity index (χ3n) is 5.01. The Morgan fingerprint density at radius 2 is 1.76 bits per heavy atom. The number of carbonyl (C=O) groups is 3. The van der Waals surface area contributed by atoms with Gasteiger partial charge < -0.3 is 4.74 Å². The van der Waals surface area contributed by atoms with Gasteiger partial charge in [0.2, 0.25) is 0 Å². The van der Waals surface area contributed by atoms with E-state index in [1.165, 1.54) is 6.08 Å². The Bertz CT molecular complexity index is 1290. The van der Waals surface area contributed by atoms with Crippen LogP contribution in [-0.4, -0.2) is 17.8 Å². The van der Waals surface area contributed by atoms with Gasteiger partial charge in [0.25, 0.3) is 11.8 Å². The molecular formula is C25H18BrClN2O4. The topological polar surface area (TPSA) is 75.7 Å². The molecule has 4 rings (SSSR count). The predicted octanol–water partition coefficient (Wildman–Crippen LogP) is 5.66. The summed E-state index contributed by atoms with van der Waals surface area (Å²) in [5.41, 5.74) is 2.49. The first kappa shape index (κ1) is 22.8. The van der Waals surface area contributed by atoms with E-state index in [0.29, 0.717) is 22.0 Å². The summed E-state index contributed by atoms with van der Waals surface area (Å²) in [6.07, 6.45) is 1.38. The van der Waals surface area contributed by atoms with Crippen molar-refractivity contribution < 1.29 is 19.1 Å². The summed E-state index contributed by atoms with van der Waals surface area (Å²) in [5.74, 6) is -1.09. The van der Waals surface area contributed by atoms with Crippen LogP contribution in [0.1, 0.15) is 16.7 Å². The third-order valence-corrected chi connectivity index (χ3v) is 6.02. The largest absolute Gasteiger partial charge is 0.488 e. The van der Waals surface area contributed by atoms with Crippen LogP contribution in [0.4, 0.5) is 10.5 Å². The quantitative estimate of drug-likeness (QED) is 0.345. The summed E-state index contributed by atoms with van der Waals surface area (Å²) in [6.45, 7) is 2.15. The van der Waals surface area contributed by atoms with Crippen LogP contribution in [0, 0.1) is 6.92 Å². The van der Waals surface area contributed by atoms with Crippen molar-refractivity contribution in [3.05, 3.63) is 98.5 Å². The van der Waals surface area contributed by atoms with Crippen LogP contribution in [0.15, 0.2) is 76.8 Å². The monoisotopic (exact) mass is 524 g/mol. The fraction of sp³-hybridized carbons (Fsp3) is 0.0800. The minimum Gasteiger partial charge on any atom is -0.488 e. The van der Waals surface area contributed by atoms with Gasteiger partial charge >= 0.3 is 6.03 Å². The molecule has 0 spiro atoms. The van der Waals surface area contributed by atoms with E-state index >= 15 is 0 Å². The zero-order chi connectivity index (χ0) is 23.5. The molecule has 1 fully saturated rings. The number of urea groups is 1. The number of halogens is 2. The first-order chi connectivity index (χ1) is 15.8. The van der Waals surface area contributed by atoms with Crippen LogP contribution in [0.2, 0.25) is 5.02 Å². The van der Waals surface area contributed by atoms with Crippen molar-refractivity contribution in [1.82, 2.24) is 5.32 Å². The Hall–Kier alpha value is -3.42. The number of barbiturate groups is 1. The molecular weight excluding hydrogens is 508 g/mol. The van der Waals surface area contributed by atoms with Gasteiger partial charge in [0, 0.05) is 20.6 Å². The molecule has 1 aliphatic rings. The number of anilines is 1. The Kier molecular flexibility index (Phi) is 6.62. The van der Waals surface area contributed by atoms with Crippen molar-refractivity contribution in [2.45, 2.75) is 13.5 Å². The molecule has 0 aliphatic carbocycles. The average molecular weight is 526 g/mol. The molecule has 4 amide bonds. The van der Waals surface area contributed by atoms with E-state index in [4.69, 9.17) is 16.3 Å². The molecule has 0 bridgehead atoms. The summed E-state index contributed by atoms with van der Waals surface area (Å²) in [7, 11) is 0. The summed E-state index contributed by atoms with van der Waals surface area (Å²) in [4.78, 5) is 39.0. The number of nitrogens with zero attached hydrogens (tertiary/aromatic N) is 1. The number of aryl methyl sites for hydroxylation is 1. The maximum Gasteiger partial charge on any atom is 0.335 e. The fourth-order valence-electron chi connectivity index (χ4n) is 3.28. The number of benzene rings is 3. The van der Waals surface area contributed by atoms with E-state index in [2.05, 4.69) is 21.2 Å². The molecule has 8 heteroatoms. The summed E-state index contributed by atoms with van der Waals surface area (Å²) < 4.78 is 6.86. The molecule has 3 aromatic carbocycles. The van der Waals surface area contributed by atoms with Crippen molar-refractivity contribution in [2.24, 2.45) is 0 Å². The molecule has 33 heavy (non-hydrogen) atoms. The number of nitrogens with one attached hydrogen (secondary N) is 1. The second-order valence-corrected chi connectivity index (χ2v) is 8.65. The molecule has 1 N–H and O–H groups in total. The van der Waals surface area contributed by atoms with Gasteiger partial charge in [-0.15, -0.1) is 0 Å². The van der Waals surface area contributed by atoms with Gasteiger partial charge in [-0.2, -0.15) is 0 Å². The molecule has 0 saturated carbocycles. The van der Waals surface area contributed by atoms with Gasteiger partial charge in [-0.05, 0) is 49.4 Å². The first-order valence-corrected chi connectivity index (χ1v) is 11.1. The second-order valence-electron chi connectivity index (χ2n) is 7.36. The highest BCUT2D eigenvalue weighted by Crippen LogP contribution is 2.29. The third kappa shape index (κ3) is 4.99. The Morgan fingerprint density at radius 3 is 2.48 bits per heavy atom. The summed E-state index contributed by atoms with van der Waals surface area (Å²) >= 11 is 9.66. The van der Waals surface area contributed by atoms with Crippen molar-refractivity contribution in [2.75, 3.05) is 4.90 Å². The molecule has 1 heterocycles. The smallest absolute Gasteiger partial charge is 0.335 e. The van der Waals surface area contributed by atoms with E-state index in [1.807, 2.05) is 31.2 Å². The number of hydrogen-bond donors (Lipinski definition) is 1. The summed E-state index contributed by atoms with van der Waals surface area (Å²) in [6, 6.07) is 18.6. The van der Waals surface area contributed by atoms with Gasteiger partial charge in [-0.25, -0.2) is 9.69 Å². The molecule has 0 aromatic heterocycles. The van der Waals surface area contributed by atoms with Crippen LogP contribution in [-0.2, 0) is 16.2 Å². The molecule has 0 atom stereocenters. The SMILES string of the molecule is Cc1ccc(N2C(=O)NC(=O)/C(=C\c3cc(Cl)ccc3OCc3ccccc3Br)C2=O)cc1. The standard InChI is InChI=1S/C25H18BrClN2O4/c1-15-6-9-19(10-7-15)29-24(31)20(23(30)28-25(29)32)13-17-12-18(27)8-11-22(17)33-14-16-4-2-3-5-21(16)26/h2-13H,14H2,1H3,(H,28,30,32)/b20-13+. The molecule has 1 saturated heterocycles. The zero-order valence-electron chi connectivity index (χ0n) is 17.5. The number of hydrogen-bond acceptors (Lipinski definition) is 4. The van der Waals surface area contributed by atoms with Gasteiger partial charge in [-0.1, -0.05) is 63.4 Å².